The summed E-state index contributed by atoms with van der Waals surface area (Å²) in [7, 11) is 0. The minimum atomic E-state index is -0.478. The fourth-order valence-electron chi connectivity index (χ4n) is 2.06. The van der Waals surface area contributed by atoms with Crippen molar-refractivity contribution in [1.29, 1.82) is 0 Å². The van der Waals surface area contributed by atoms with E-state index in [4.69, 9.17) is 15.6 Å². The number of hydrogen-bond acceptors (Lipinski definition) is 5. The average molecular weight is 339 g/mol. The molecule has 0 heterocycles. The zero-order valence-corrected chi connectivity index (χ0v) is 13.2. The molecule has 2 aromatic carbocycles. The minimum absolute atomic E-state index is 0. The second kappa shape index (κ2) is 9.09. The van der Waals surface area contributed by atoms with Gasteiger partial charge in [-0.05, 0) is 23.6 Å². The third-order valence-corrected chi connectivity index (χ3v) is 3.19. The van der Waals surface area contributed by atoms with E-state index in [1.54, 1.807) is 12.1 Å². The monoisotopic (exact) mass is 338 g/mol. The summed E-state index contributed by atoms with van der Waals surface area (Å²) in [5.41, 5.74) is 7.18. The third kappa shape index (κ3) is 5.52. The molecule has 7 heteroatoms. The molecule has 1 atom stereocenters. The number of rotatable bonds is 7. The van der Waals surface area contributed by atoms with Crippen molar-refractivity contribution in [3.05, 3.63) is 69.8 Å². The van der Waals surface area contributed by atoms with Gasteiger partial charge in [-0.2, -0.15) is 0 Å². The summed E-state index contributed by atoms with van der Waals surface area (Å²) in [6.07, 6.45) is 0.371. The van der Waals surface area contributed by atoms with E-state index in [1.165, 1.54) is 6.07 Å². The normalized spacial score (nSPS) is 11.4. The summed E-state index contributed by atoms with van der Waals surface area (Å²) in [4.78, 5) is 10.7. The summed E-state index contributed by atoms with van der Waals surface area (Å²) >= 11 is 0. The van der Waals surface area contributed by atoms with Gasteiger partial charge in [0.1, 0.15) is 6.61 Å². The Morgan fingerprint density at radius 2 is 1.87 bits per heavy atom. The molecule has 0 amide bonds. The van der Waals surface area contributed by atoms with Crippen molar-refractivity contribution in [3.8, 4) is 5.75 Å². The van der Waals surface area contributed by atoms with Gasteiger partial charge in [0.2, 0.25) is 0 Å². The molecule has 0 bridgehead atoms. The first-order valence-corrected chi connectivity index (χ1v) is 6.90. The van der Waals surface area contributed by atoms with Gasteiger partial charge in [-0.15, -0.1) is 12.4 Å². The van der Waals surface area contributed by atoms with E-state index in [1.807, 2.05) is 30.3 Å². The Bertz CT molecular complexity index is 637. The van der Waals surface area contributed by atoms with Crippen molar-refractivity contribution >= 4 is 18.1 Å². The number of aliphatic hydroxyl groups excluding tert-OH is 1. The topological polar surface area (TPSA) is 98.6 Å². The van der Waals surface area contributed by atoms with Crippen LogP contribution in [0.25, 0.3) is 0 Å². The van der Waals surface area contributed by atoms with Crippen LogP contribution in [0.5, 0.6) is 5.75 Å². The summed E-state index contributed by atoms with van der Waals surface area (Å²) in [6, 6.07) is 13.7. The first kappa shape index (κ1) is 18.9. The first-order valence-electron chi connectivity index (χ1n) is 6.90. The van der Waals surface area contributed by atoms with Gasteiger partial charge in [-0.1, -0.05) is 36.4 Å². The van der Waals surface area contributed by atoms with Crippen LogP contribution in [-0.4, -0.2) is 22.7 Å². The first-order chi connectivity index (χ1) is 10.6. The molecule has 0 unspecified atom stereocenters. The van der Waals surface area contributed by atoms with Gasteiger partial charge in [0.05, 0.1) is 11.5 Å². The maximum Gasteiger partial charge on any atom is 0.311 e. The second-order valence-electron chi connectivity index (χ2n) is 4.98. The van der Waals surface area contributed by atoms with Crippen molar-refractivity contribution in [2.24, 2.45) is 5.73 Å². The molecule has 2 aromatic rings. The fraction of sp³-hybridized carbons (Fsp3) is 0.250. The van der Waals surface area contributed by atoms with E-state index in [0.29, 0.717) is 12.0 Å². The molecule has 0 aromatic heterocycles. The van der Waals surface area contributed by atoms with Crippen LogP contribution >= 0.6 is 12.4 Å². The Labute approximate surface area is 140 Å². The zero-order valence-electron chi connectivity index (χ0n) is 12.4. The highest BCUT2D eigenvalue weighted by atomic mass is 35.5. The van der Waals surface area contributed by atoms with Gasteiger partial charge in [-0.25, -0.2) is 0 Å². The number of nitrogens with two attached hydrogens (primary N) is 1. The Hall–Kier alpha value is -2.15. The van der Waals surface area contributed by atoms with Gasteiger partial charge in [0, 0.05) is 12.1 Å². The van der Waals surface area contributed by atoms with Crippen LogP contribution in [0.15, 0.2) is 48.5 Å². The largest absolute Gasteiger partial charge is 0.482 e. The summed E-state index contributed by atoms with van der Waals surface area (Å²) in [6.45, 7) is 0.0945. The van der Waals surface area contributed by atoms with Gasteiger partial charge in [0.25, 0.3) is 0 Å². The minimum Gasteiger partial charge on any atom is -0.482 e. The summed E-state index contributed by atoms with van der Waals surface area (Å²) in [5.74, 6) is 0.218. The molecule has 3 N–H and O–H groups in total. The molecule has 0 fully saturated rings. The Kier molecular flexibility index (Phi) is 7.47. The van der Waals surface area contributed by atoms with Crippen molar-refractivity contribution in [1.82, 2.24) is 0 Å². The molecule has 6 nitrogen and oxygen atoms in total. The zero-order chi connectivity index (χ0) is 15.9. The van der Waals surface area contributed by atoms with Crippen LogP contribution in [-0.2, 0) is 13.0 Å². The van der Waals surface area contributed by atoms with E-state index in [-0.39, 0.29) is 37.1 Å². The van der Waals surface area contributed by atoms with Crippen LogP contribution in [0.3, 0.4) is 0 Å². The summed E-state index contributed by atoms with van der Waals surface area (Å²) in [5, 5.41) is 20.1. The standard InChI is InChI=1S/C16H18N2O4.ClH/c17-14(10-19)8-13-6-7-16(15(9-13)18(20)21)22-11-12-4-2-1-3-5-12;/h1-7,9,14,19H,8,10-11,17H2;1H/t14-;/m0./s1. The predicted octanol–water partition coefficient (Wildman–Crippen LogP) is 2.46. The van der Waals surface area contributed by atoms with Crippen molar-refractivity contribution in [3.63, 3.8) is 0 Å². The maximum atomic E-state index is 11.2. The molecule has 0 aliphatic rings. The SMILES string of the molecule is Cl.N[C@H](CO)Cc1ccc(OCc2ccccc2)c([N+](=O)[O-])c1. The Morgan fingerprint density at radius 1 is 1.17 bits per heavy atom. The molecule has 2 rings (SSSR count). The van der Waals surface area contributed by atoms with Crippen LogP contribution in [0.1, 0.15) is 11.1 Å². The van der Waals surface area contributed by atoms with Gasteiger partial charge in [-0.3, -0.25) is 10.1 Å². The van der Waals surface area contributed by atoms with Crippen LogP contribution < -0.4 is 10.5 Å². The lowest BCUT2D eigenvalue weighted by atomic mass is 10.1. The highest BCUT2D eigenvalue weighted by Crippen LogP contribution is 2.29. The highest BCUT2D eigenvalue weighted by molar-refractivity contribution is 5.85. The number of aliphatic hydroxyl groups is 1. The summed E-state index contributed by atoms with van der Waals surface area (Å²) < 4.78 is 5.55. The number of benzene rings is 2. The van der Waals surface area contributed by atoms with E-state index < -0.39 is 11.0 Å². The van der Waals surface area contributed by atoms with Gasteiger partial charge in [0.15, 0.2) is 5.75 Å². The van der Waals surface area contributed by atoms with Crippen LogP contribution in [0, 0.1) is 10.1 Å². The van der Waals surface area contributed by atoms with Crippen molar-refractivity contribution in [2.75, 3.05) is 6.61 Å². The van der Waals surface area contributed by atoms with Crippen LogP contribution in [0.2, 0.25) is 0 Å². The second-order valence-corrected chi connectivity index (χ2v) is 4.98. The van der Waals surface area contributed by atoms with Gasteiger partial charge < -0.3 is 15.6 Å². The number of ether oxygens (including phenoxy) is 1. The highest BCUT2D eigenvalue weighted by Gasteiger charge is 2.17. The molecular weight excluding hydrogens is 320 g/mol. The molecule has 0 aliphatic carbocycles. The molecular formula is C16H19ClN2O4. The third-order valence-electron chi connectivity index (χ3n) is 3.19. The lowest BCUT2D eigenvalue weighted by Crippen LogP contribution is -2.26. The molecule has 124 valence electrons. The molecule has 0 aliphatic heterocycles. The lowest BCUT2D eigenvalue weighted by molar-refractivity contribution is -0.386. The molecule has 23 heavy (non-hydrogen) atoms. The Morgan fingerprint density at radius 3 is 2.48 bits per heavy atom. The van der Waals surface area contributed by atoms with E-state index >= 15 is 0 Å². The smallest absolute Gasteiger partial charge is 0.311 e. The quantitative estimate of drug-likeness (QED) is 0.597. The van der Waals surface area contributed by atoms with Crippen LogP contribution in [0.4, 0.5) is 5.69 Å². The number of nitro groups is 1. The molecule has 0 saturated heterocycles. The molecule has 0 saturated carbocycles. The van der Waals surface area contributed by atoms with Gasteiger partial charge >= 0.3 is 5.69 Å². The predicted molar refractivity (Wildman–Crippen MR) is 89.9 cm³/mol. The average Bonchev–Trinajstić information content (AvgIpc) is 2.54. The maximum absolute atomic E-state index is 11.2. The van der Waals surface area contributed by atoms with E-state index in [2.05, 4.69) is 0 Å². The van der Waals surface area contributed by atoms with E-state index in [9.17, 15) is 10.1 Å². The molecule has 0 radical (unpaired) electrons. The number of nitro benzene ring substituents is 1. The number of nitrogens with zero attached hydrogens (tertiary/aromatic N) is 1. The van der Waals surface area contributed by atoms with Crippen molar-refractivity contribution in [2.45, 2.75) is 19.1 Å². The van der Waals surface area contributed by atoms with E-state index in [0.717, 1.165) is 5.56 Å². The Balaban J connectivity index is 0.00000264. The number of halogens is 1. The number of hydrogen-bond donors (Lipinski definition) is 2. The fourth-order valence-corrected chi connectivity index (χ4v) is 2.06. The lowest BCUT2D eigenvalue weighted by Gasteiger charge is -2.10. The molecule has 0 spiro atoms. The van der Waals surface area contributed by atoms with Crippen molar-refractivity contribution < 1.29 is 14.8 Å².